The van der Waals surface area contributed by atoms with Crippen LogP contribution in [-0.2, 0) is 4.79 Å². The van der Waals surface area contributed by atoms with Gasteiger partial charge >= 0.3 is 0 Å². The molecule has 2 aromatic rings. The predicted octanol–water partition coefficient (Wildman–Crippen LogP) is 3.97. The maximum absolute atomic E-state index is 11.2. The van der Waals surface area contributed by atoms with Crippen LogP contribution < -0.4 is 5.32 Å². The van der Waals surface area contributed by atoms with Crippen molar-refractivity contribution in [1.82, 2.24) is 0 Å². The number of carbonyl (C=O) groups is 1. The highest BCUT2D eigenvalue weighted by Gasteiger charge is 2.09. The SMILES string of the molecule is CC(=O)Nc1cccc(Cl)c1-c1ccccc1. The molecule has 0 radical (unpaired) electrons. The van der Waals surface area contributed by atoms with E-state index in [0.717, 1.165) is 16.8 Å². The summed E-state index contributed by atoms with van der Waals surface area (Å²) >= 11 is 6.20. The standard InChI is InChI=1S/C14H12ClNO/c1-10(17)16-13-9-5-8-12(15)14(13)11-6-3-2-4-7-11/h2-9H,1H3,(H,16,17). The van der Waals surface area contributed by atoms with Crippen molar-refractivity contribution in [1.29, 1.82) is 0 Å². The Bertz CT molecular complexity index is 537. The van der Waals surface area contributed by atoms with Crippen LogP contribution in [0.4, 0.5) is 5.69 Å². The molecule has 2 nitrogen and oxygen atoms in total. The van der Waals surface area contributed by atoms with E-state index in [1.807, 2.05) is 48.5 Å². The molecule has 86 valence electrons. The number of hydrogen-bond donors (Lipinski definition) is 1. The van der Waals surface area contributed by atoms with Crippen LogP contribution in [0.5, 0.6) is 0 Å². The van der Waals surface area contributed by atoms with Gasteiger partial charge in [0.05, 0.1) is 10.7 Å². The summed E-state index contributed by atoms with van der Waals surface area (Å²) in [4.78, 5) is 11.2. The van der Waals surface area contributed by atoms with Crippen LogP contribution >= 0.6 is 11.6 Å². The Morgan fingerprint density at radius 2 is 1.76 bits per heavy atom. The van der Waals surface area contributed by atoms with Gasteiger partial charge in [0, 0.05) is 12.5 Å². The number of halogens is 1. The average Bonchev–Trinajstić information content (AvgIpc) is 2.29. The highest BCUT2D eigenvalue weighted by atomic mass is 35.5. The Morgan fingerprint density at radius 3 is 2.41 bits per heavy atom. The zero-order valence-electron chi connectivity index (χ0n) is 9.41. The predicted molar refractivity (Wildman–Crippen MR) is 71.2 cm³/mol. The molecular weight excluding hydrogens is 234 g/mol. The smallest absolute Gasteiger partial charge is 0.221 e. The Balaban J connectivity index is 2.55. The van der Waals surface area contributed by atoms with Crippen molar-refractivity contribution in [3.8, 4) is 11.1 Å². The number of amides is 1. The molecule has 0 unspecified atom stereocenters. The van der Waals surface area contributed by atoms with Crippen molar-refractivity contribution in [2.24, 2.45) is 0 Å². The number of benzene rings is 2. The fourth-order valence-electron chi connectivity index (χ4n) is 1.72. The van der Waals surface area contributed by atoms with E-state index in [1.165, 1.54) is 6.92 Å². The van der Waals surface area contributed by atoms with Crippen LogP contribution in [0.1, 0.15) is 6.92 Å². The van der Waals surface area contributed by atoms with Crippen LogP contribution in [0.2, 0.25) is 5.02 Å². The van der Waals surface area contributed by atoms with Gasteiger partial charge in [0.1, 0.15) is 0 Å². The molecule has 0 saturated carbocycles. The Kier molecular flexibility index (Phi) is 3.45. The monoisotopic (exact) mass is 245 g/mol. The van der Waals surface area contributed by atoms with Gasteiger partial charge in [0.2, 0.25) is 5.91 Å². The molecule has 2 rings (SSSR count). The van der Waals surface area contributed by atoms with Crippen molar-refractivity contribution in [2.75, 3.05) is 5.32 Å². The average molecular weight is 246 g/mol. The van der Waals surface area contributed by atoms with Crippen LogP contribution in [0.25, 0.3) is 11.1 Å². The van der Waals surface area contributed by atoms with Gasteiger partial charge in [-0.25, -0.2) is 0 Å². The second-order valence-corrected chi connectivity index (χ2v) is 4.12. The fraction of sp³-hybridized carbons (Fsp3) is 0.0714. The molecule has 17 heavy (non-hydrogen) atoms. The Morgan fingerprint density at radius 1 is 1.06 bits per heavy atom. The van der Waals surface area contributed by atoms with Gasteiger partial charge in [-0.2, -0.15) is 0 Å². The van der Waals surface area contributed by atoms with Crippen molar-refractivity contribution in [3.63, 3.8) is 0 Å². The summed E-state index contributed by atoms with van der Waals surface area (Å²) < 4.78 is 0. The third-order valence-corrected chi connectivity index (χ3v) is 2.70. The summed E-state index contributed by atoms with van der Waals surface area (Å²) in [6, 6.07) is 15.2. The van der Waals surface area contributed by atoms with Crippen molar-refractivity contribution in [3.05, 3.63) is 53.6 Å². The lowest BCUT2D eigenvalue weighted by molar-refractivity contribution is -0.114. The van der Waals surface area contributed by atoms with Gasteiger partial charge < -0.3 is 5.32 Å². The maximum Gasteiger partial charge on any atom is 0.221 e. The van der Waals surface area contributed by atoms with Crippen LogP contribution in [0.3, 0.4) is 0 Å². The molecule has 0 spiro atoms. The van der Waals surface area contributed by atoms with Gasteiger partial charge in [0.15, 0.2) is 0 Å². The number of rotatable bonds is 2. The molecule has 0 aliphatic carbocycles. The lowest BCUT2D eigenvalue weighted by Crippen LogP contribution is -2.07. The summed E-state index contributed by atoms with van der Waals surface area (Å²) in [7, 11) is 0. The first kappa shape index (κ1) is 11.7. The summed E-state index contributed by atoms with van der Waals surface area (Å²) in [6.45, 7) is 1.48. The molecule has 1 amide bonds. The molecule has 0 aliphatic heterocycles. The van der Waals surface area contributed by atoms with E-state index >= 15 is 0 Å². The quantitative estimate of drug-likeness (QED) is 0.852. The van der Waals surface area contributed by atoms with E-state index in [0.29, 0.717) is 5.02 Å². The zero-order valence-corrected chi connectivity index (χ0v) is 10.2. The largest absolute Gasteiger partial charge is 0.326 e. The van der Waals surface area contributed by atoms with Gasteiger partial charge in [-0.15, -0.1) is 0 Å². The van der Waals surface area contributed by atoms with E-state index in [2.05, 4.69) is 5.32 Å². The van der Waals surface area contributed by atoms with Crippen molar-refractivity contribution < 1.29 is 4.79 Å². The van der Waals surface area contributed by atoms with E-state index in [1.54, 1.807) is 0 Å². The van der Waals surface area contributed by atoms with Crippen LogP contribution in [0.15, 0.2) is 48.5 Å². The fourth-order valence-corrected chi connectivity index (χ4v) is 2.00. The van der Waals surface area contributed by atoms with Crippen molar-refractivity contribution >= 4 is 23.2 Å². The molecule has 1 N–H and O–H groups in total. The molecular formula is C14H12ClNO. The third-order valence-electron chi connectivity index (χ3n) is 2.39. The second kappa shape index (κ2) is 5.02. The lowest BCUT2D eigenvalue weighted by atomic mass is 10.0. The van der Waals surface area contributed by atoms with E-state index < -0.39 is 0 Å². The summed E-state index contributed by atoms with van der Waals surface area (Å²) in [5, 5.41) is 3.42. The summed E-state index contributed by atoms with van der Waals surface area (Å²) in [6.07, 6.45) is 0. The summed E-state index contributed by atoms with van der Waals surface area (Å²) in [5.41, 5.74) is 2.57. The maximum atomic E-state index is 11.2. The second-order valence-electron chi connectivity index (χ2n) is 3.71. The number of nitrogens with one attached hydrogen (secondary N) is 1. The number of anilines is 1. The van der Waals surface area contributed by atoms with Gasteiger partial charge in [-0.3, -0.25) is 4.79 Å². The molecule has 0 fully saturated rings. The number of carbonyl (C=O) groups excluding carboxylic acids is 1. The minimum Gasteiger partial charge on any atom is -0.326 e. The normalized spacial score (nSPS) is 10.0. The summed E-state index contributed by atoms with van der Waals surface area (Å²) in [5.74, 6) is -0.107. The molecule has 3 heteroatoms. The molecule has 0 saturated heterocycles. The zero-order chi connectivity index (χ0) is 12.3. The minimum absolute atomic E-state index is 0.107. The van der Waals surface area contributed by atoms with Crippen LogP contribution in [0, 0.1) is 0 Å². The topological polar surface area (TPSA) is 29.1 Å². The molecule has 0 aromatic heterocycles. The van der Waals surface area contributed by atoms with E-state index in [-0.39, 0.29) is 5.91 Å². The number of hydrogen-bond acceptors (Lipinski definition) is 1. The lowest BCUT2D eigenvalue weighted by Gasteiger charge is -2.11. The molecule has 0 bridgehead atoms. The van der Waals surface area contributed by atoms with Gasteiger partial charge in [0.25, 0.3) is 0 Å². The molecule has 0 heterocycles. The third kappa shape index (κ3) is 2.66. The van der Waals surface area contributed by atoms with Gasteiger partial charge in [-0.1, -0.05) is 48.0 Å². The minimum atomic E-state index is -0.107. The first-order chi connectivity index (χ1) is 8.18. The van der Waals surface area contributed by atoms with Gasteiger partial charge in [-0.05, 0) is 17.7 Å². The first-order valence-electron chi connectivity index (χ1n) is 5.30. The molecule has 0 aliphatic rings. The first-order valence-corrected chi connectivity index (χ1v) is 5.68. The van der Waals surface area contributed by atoms with Crippen LogP contribution in [-0.4, -0.2) is 5.91 Å². The highest BCUT2D eigenvalue weighted by Crippen LogP contribution is 2.34. The Hall–Kier alpha value is -1.80. The van der Waals surface area contributed by atoms with E-state index in [9.17, 15) is 4.79 Å². The highest BCUT2D eigenvalue weighted by molar-refractivity contribution is 6.34. The molecule has 2 aromatic carbocycles. The Labute approximate surface area is 105 Å². The molecule has 0 atom stereocenters. The van der Waals surface area contributed by atoms with Crippen molar-refractivity contribution in [2.45, 2.75) is 6.92 Å². The van der Waals surface area contributed by atoms with E-state index in [4.69, 9.17) is 11.6 Å².